The molecule has 23 heavy (non-hydrogen) atoms. The summed E-state index contributed by atoms with van der Waals surface area (Å²) >= 11 is 0. The molecule has 4 rings (SSSR count). The SMILES string of the molecule is Cc1cc(-c2cnc(N)nc2)nc(N2C[C@H]3C[C@@H]2CC3(C)F)n1. The van der Waals surface area contributed by atoms with Gasteiger partial charge in [-0.15, -0.1) is 0 Å². The lowest BCUT2D eigenvalue weighted by atomic mass is 9.93. The van der Waals surface area contributed by atoms with E-state index < -0.39 is 5.67 Å². The molecule has 2 aromatic heterocycles. The van der Waals surface area contributed by atoms with Gasteiger partial charge in [-0.3, -0.25) is 0 Å². The Morgan fingerprint density at radius 1 is 1.30 bits per heavy atom. The van der Waals surface area contributed by atoms with Crippen LogP contribution in [0.1, 0.15) is 25.5 Å². The molecule has 1 saturated heterocycles. The topological polar surface area (TPSA) is 80.8 Å². The molecule has 7 heteroatoms. The van der Waals surface area contributed by atoms with Gasteiger partial charge < -0.3 is 10.6 Å². The number of nitrogens with two attached hydrogens (primary N) is 1. The Morgan fingerprint density at radius 3 is 2.65 bits per heavy atom. The van der Waals surface area contributed by atoms with E-state index in [0.717, 1.165) is 23.4 Å². The predicted molar refractivity (Wildman–Crippen MR) is 85.6 cm³/mol. The van der Waals surface area contributed by atoms with Crippen molar-refractivity contribution in [1.82, 2.24) is 19.9 Å². The molecule has 120 valence electrons. The number of alkyl halides is 1. The van der Waals surface area contributed by atoms with Gasteiger partial charge in [0, 0.05) is 48.6 Å². The molecule has 1 saturated carbocycles. The van der Waals surface area contributed by atoms with Crippen LogP contribution in [0.5, 0.6) is 0 Å². The first kappa shape index (κ1) is 14.3. The van der Waals surface area contributed by atoms with Crippen molar-refractivity contribution in [2.75, 3.05) is 17.2 Å². The number of nitrogens with zero attached hydrogens (tertiary/aromatic N) is 5. The van der Waals surface area contributed by atoms with E-state index in [4.69, 9.17) is 5.73 Å². The highest BCUT2D eigenvalue weighted by Crippen LogP contribution is 2.47. The number of aryl methyl sites for hydroxylation is 1. The number of hydrogen-bond donors (Lipinski definition) is 1. The molecule has 1 aliphatic heterocycles. The van der Waals surface area contributed by atoms with E-state index in [-0.39, 0.29) is 17.9 Å². The quantitative estimate of drug-likeness (QED) is 0.915. The average Bonchev–Trinajstić information content (AvgIpc) is 3.03. The first-order chi connectivity index (χ1) is 10.9. The van der Waals surface area contributed by atoms with Gasteiger partial charge in [-0.05, 0) is 26.3 Å². The first-order valence-electron chi connectivity index (χ1n) is 7.81. The molecule has 2 N–H and O–H groups in total. The summed E-state index contributed by atoms with van der Waals surface area (Å²) in [6, 6.07) is 2.08. The van der Waals surface area contributed by atoms with Crippen LogP contribution in [-0.4, -0.2) is 38.2 Å². The second kappa shape index (κ2) is 4.84. The van der Waals surface area contributed by atoms with Gasteiger partial charge >= 0.3 is 0 Å². The minimum Gasteiger partial charge on any atom is -0.368 e. The van der Waals surface area contributed by atoms with E-state index in [1.807, 2.05) is 13.0 Å². The van der Waals surface area contributed by atoms with Crippen molar-refractivity contribution in [2.24, 2.45) is 5.92 Å². The van der Waals surface area contributed by atoms with Crippen molar-refractivity contribution in [2.45, 2.75) is 38.4 Å². The molecule has 1 aliphatic carbocycles. The number of piperidine rings is 1. The average molecular weight is 314 g/mol. The Bertz CT molecular complexity index is 745. The molecule has 0 spiro atoms. The molecular weight excluding hydrogens is 295 g/mol. The molecule has 2 bridgehead atoms. The summed E-state index contributed by atoms with van der Waals surface area (Å²) in [6.07, 6.45) is 4.74. The fraction of sp³-hybridized carbons (Fsp3) is 0.500. The van der Waals surface area contributed by atoms with E-state index in [0.29, 0.717) is 18.9 Å². The van der Waals surface area contributed by atoms with E-state index in [1.54, 1.807) is 19.3 Å². The van der Waals surface area contributed by atoms with Crippen LogP contribution in [0.2, 0.25) is 0 Å². The van der Waals surface area contributed by atoms with Crippen LogP contribution in [0.4, 0.5) is 16.3 Å². The van der Waals surface area contributed by atoms with Crippen LogP contribution in [0.3, 0.4) is 0 Å². The van der Waals surface area contributed by atoms with Crippen molar-refractivity contribution in [3.8, 4) is 11.3 Å². The van der Waals surface area contributed by atoms with Gasteiger partial charge in [0.1, 0.15) is 5.67 Å². The summed E-state index contributed by atoms with van der Waals surface area (Å²) in [7, 11) is 0. The van der Waals surface area contributed by atoms with Gasteiger partial charge in [-0.25, -0.2) is 24.3 Å². The number of fused-ring (bicyclic) bond motifs is 2. The van der Waals surface area contributed by atoms with Gasteiger partial charge in [0.15, 0.2) is 0 Å². The first-order valence-corrected chi connectivity index (χ1v) is 7.81. The van der Waals surface area contributed by atoms with Crippen molar-refractivity contribution in [3.63, 3.8) is 0 Å². The third-order valence-corrected chi connectivity index (χ3v) is 4.97. The van der Waals surface area contributed by atoms with Gasteiger partial charge in [0.05, 0.1) is 5.69 Å². The number of halogens is 1. The Kier molecular flexibility index (Phi) is 3.01. The van der Waals surface area contributed by atoms with E-state index >= 15 is 0 Å². The normalized spacial score (nSPS) is 29.3. The third kappa shape index (κ3) is 2.40. The van der Waals surface area contributed by atoms with Gasteiger partial charge in [0.25, 0.3) is 0 Å². The minimum atomic E-state index is -1.06. The predicted octanol–water partition coefficient (Wildman–Crippen LogP) is 2.15. The van der Waals surface area contributed by atoms with Crippen LogP contribution in [0.25, 0.3) is 11.3 Å². The summed E-state index contributed by atoms with van der Waals surface area (Å²) in [5.74, 6) is 0.971. The van der Waals surface area contributed by atoms with Crippen LogP contribution in [0, 0.1) is 12.8 Å². The maximum Gasteiger partial charge on any atom is 0.226 e. The summed E-state index contributed by atoms with van der Waals surface area (Å²) in [5, 5.41) is 0. The smallest absolute Gasteiger partial charge is 0.226 e. The standard InChI is InChI=1S/C16H19FN6/c1-9-3-13(10-6-19-14(18)20-7-10)22-15(21-9)23-8-11-4-12(23)5-16(11,2)17/h3,6-7,11-12H,4-5,8H2,1-2H3,(H2,18,19,20)/t11-,12-,16?/m1/s1. The highest BCUT2D eigenvalue weighted by Gasteiger charge is 2.53. The molecule has 2 fully saturated rings. The van der Waals surface area contributed by atoms with Crippen molar-refractivity contribution in [3.05, 3.63) is 24.2 Å². The zero-order valence-electron chi connectivity index (χ0n) is 13.2. The molecule has 2 aromatic rings. The summed E-state index contributed by atoms with van der Waals surface area (Å²) < 4.78 is 14.4. The Balaban J connectivity index is 1.67. The molecule has 1 unspecified atom stereocenters. The highest BCUT2D eigenvalue weighted by atomic mass is 19.1. The van der Waals surface area contributed by atoms with Crippen molar-refractivity contribution in [1.29, 1.82) is 0 Å². The van der Waals surface area contributed by atoms with Gasteiger partial charge in [-0.2, -0.15) is 0 Å². The fourth-order valence-electron chi connectivity index (χ4n) is 3.72. The minimum absolute atomic E-state index is 0.0694. The van der Waals surface area contributed by atoms with Crippen LogP contribution in [-0.2, 0) is 0 Å². The summed E-state index contributed by atoms with van der Waals surface area (Å²) in [4.78, 5) is 19.4. The maximum absolute atomic E-state index is 14.4. The molecule has 0 radical (unpaired) electrons. The number of rotatable bonds is 2. The van der Waals surface area contributed by atoms with Crippen LogP contribution in [0.15, 0.2) is 18.5 Å². The van der Waals surface area contributed by atoms with E-state index in [1.165, 1.54) is 0 Å². The molecule has 6 nitrogen and oxygen atoms in total. The lowest BCUT2D eigenvalue weighted by Gasteiger charge is -2.33. The Morgan fingerprint density at radius 2 is 2.04 bits per heavy atom. The van der Waals surface area contributed by atoms with Crippen molar-refractivity contribution < 1.29 is 4.39 Å². The van der Waals surface area contributed by atoms with Crippen LogP contribution >= 0.6 is 0 Å². The Hall–Kier alpha value is -2.31. The third-order valence-electron chi connectivity index (χ3n) is 4.97. The summed E-state index contributed by atoms with van der Waals surface area (Å²) in [6.45, 7) is 4.32. The molecule has 3 atom stereocenters. The second-order valence-electron chi connectivity index (χ2n) is 6.75. The maximum atomic E-state index is 14.4. The molecule has 2 aliphatic rings. The second-order valence-corrected chi connectivity index (χ2v) is 6.75. The zero-order chi connectivity index (χ0) is 16.2. The Labute approximate surface area is 134 Å². The van der Waals surface area contributed by atoms with Gasteiger partial charge in [-0.1, -0.05) is 0 Å². The number of hydrogen-bond acceptors (Lipinski definition) is 6. The molecular formula is C16H19FN6. The van der Waals surface area contributed by atoms with Gasteiger partial charge in [0.2, 0.25) is 11.9 Å². The zero-order valence-corrected chi connectivity index (χ0v) is 13.2. The lowest BCUT2D eigenvalue weighted by molar-refractivity contribution is 0.125. The molecule has 0 aromatic carbocycles. The van der Waals surface area contributed by atoms with Crippen LogP contribution < -0.4 is 10.6 Å². The monoisotopic (exact) mass is 314 g/mol. The van der Waals surface area contributed by atoms with E-state index in [2.05, 4.69) is 24.8 Å². The number of anilines is 2. The highest BCUT2D eigenvalue weighted by molar-refractivity contribution is 5.60. The molecule has 3 heterocycles. The fourth-order valence-corrected chi connectivity index (χ4v) is 3.72. The number of aromatic nitrogens is 4. The summed E-state index contributed by atoms with van der Waals surface area (Å²) in [5.41, 5.74) is 6.90. The lowest BCUT2D eigenvalue weighted by Crippen LogP contribution is -2.42. The largest absolute Gasteiger partial charge is 0.368 e. The number of nitrogen functional groups attached to an aromatic ring is 1. The van der Waals surface area contributed by atoms with Crippen molar-refractivity contribution >= 4 is 11.9 Å². The molecule has 0 amide bonds. The van der Waals surface area contributed by atoms with E-state index in [9.17, 15) is 4.39 Å².